The molecule has 0 aromatic rings. The lowest BCUT2D eigenvalue weighted by atomic mass is 9.80. The second-order valence-electron chi connectivity index (χ2n) is 6.25. The van der Waals surface area contributed by atoms with Gasteiger partial charge in [0.15, 0.2) is 0 Å². The van der Waals surface area contributed by atoms with Gasteiger partial charge in [-0.2, -0.15) is 0 Å². The maximum absolute atomic E-state index is 6.35. The number of nitrogens with zero attached hydrogens (tertiary/aromatic N) is 1. The monoisotopic (exact) mass is 254 g/mol. The molecular formula is C15H30N2O. The van der Waals surface area contributed by atoms with Gasteiger partial charge in [0.25, 0.3) is 0 Å². The predicted octanol–water partition coefficient (Wildman–Crippen LogP) is 2.25. The highest BCUT2D eigenvalue weighted by atomic mass is 16.5. The summed E-state index contributed by atoms with van der Waals surface area (Å²) in [5, 5.41) is 0. The highest BCUT2D eigenvalue weighted by Gasteiger charge is 2.33. The van der Waals surface area contributed by atoms with E-state index in [0.29, 0.717) is 12.1 Å². The third kappa shape index (κ3) is 3.46. The Kier molecular flexibility index (Phi) is 5.46. The van der Waals surface area contributed by atoms with Gasteiger partial charge in [-0.3, -0.25) is 4.90 Å². The third-order valence-electron chi connectivity index (χ3n) is 5.08. The molecule has 2 rings (SSSR count). The Morgan fingerprint density at radius 3 is 2.44 bits per heavy atom. The maximum Gasteiger partial charge on any atom is 0.0491 e. The summed E-state index contributed by atoms with van der Waals surface area (Å²) in [5.41, 5.74) is 6.35. The van der Waals surface area contributed by atoms with Crippen LogP contribution in [0.1, 0.15) is 45.4 Å². The molecule has 106 valence electrons. The van der Waals surface area contributed by atoms with Crippen molar-refractivity contribution in [2.45, 2.75) is 57.5 Å². The van der Waals surface area contributed by atoms with Crippen LogP contribution in [0.2, 0.25) is 0 Å². The number of likely N-dealkylation sites (tertiary alicyclic amines) is 1. The first kappa shape index (κ1) is 14.3. The van der Waals surface area contributed by atoms with Crippen LogP contribution in [-0.2, 0) is 4.74 Å². The van der Waals surface area contributed by atoms with Gasteiger partial charge in [0.1, 0.15) is 0 Å². The standard InChI is InChI=1S/C15H30N2O/c1-3-12-4-5-14(16)15(10-12)17-8-6-13(7-9-17)11-18-2/h12-15H,3-11,16H2,1-2H3. The summed E-state index contributed by atoms with van der Waals surface area (Å²) >= 11 is 0. The smallest absolute Gasteiger partial charge is 0.0491 e. The van der Waals surface area contributed by atoms with Crippen molar-refractivity contribution in [3.8, 4) is 0 Å². The Morgan fingerprint density at radius 1 is 1.11 bits per heavy atom. The van der Waals surface area contributed by atoms with Crippen molar-refractivity contribution in [1.29, 1.82) is 0 Å². The molecule has 0 aromatic carbocycles. The first-order valence-electron chi connectivity index (χ1n) is 7.73. The third-order valence-corrected chi connectivity index (χ3v) is 5.08. The number of methoxy groups -OCH3 is 1. The van der Waals surface area contributed by atoms with Crippen molar-refractivity contribution in [3.63, 3.8) is 0 Å². The molecular weight excluding hydrogens is 224 g/mol. The largest absolute Gasteiger partial charge is 0.384 e. The molecule has 3 heteroatoms. The van der Waals surface area contributed by atoms with Crippen LogP contribution < -0.4 is 5.73 Å². The van der Waals surface area contributed by atoms with Gasteiger partial charge >= 0.3 is 0 Å². The number of ether oxygens (including phenoxy) is 1. The fraction of sp³-hybridized carbons (Fsp3) is 1.00. The average Bonchev–Trinajstić information content (AvgIpc) is 2.41. The van der Waals surface area contributed by atoms with Crippen molar-refractivity contribution in [2.75, 3.05) is 26.8 Å². The lowest BCUT2D eigenvalue weighted by Crippen LogP contribution is -2.53. The highest BCUT2D eigenvalue weighted by molar-refractivity contribution is 4.90. The van der Waals surface area contributed by atoms with Crippen molar-refractivity contribution < 1.29 is 4.74 Å². The van der Waals surface area contributed by atoms with Gasteiger partial charge in [0.2, 0.25) is 0 Å². The van der Waals surface area contributed by atoms with E-state index in [1.54, 1.807) is 0 Å². The molecule has 3 unspecified atom stereocenters. The molecule has 2 fully saturated rings. The van der Waals surface area contributed by atoms with Gasteiger partial charge < -0.3 is 10.5 Å². The molecule has 0 spiro atoms. The number of piperidine rings is 1. The van der Waals surface area contributed by atoms with Gasteiger partial charge in [0, 0.05) is 25.8 Å². The molecule has 3 nitrogen and oxygen atoms in total. The van der Waals surface area contributed by atoms with Crippen LogP contribution >= 0.6 is 0 Å². The van der Waals surface area contributed by atoms with Gasteiger partial charge in [-0.1, -0.05) is 13.3 Å². The summed E-state index contributed by atoms with van der Waals surface area (Å²) < 4.78 is 5.27. The maximum atomic E-state index is 6.35. The topological polar surface area (TPSA) is 38.5 Å². The van der Waals surface area contributed by atoms with E-state index in [4.69, 9.17) is 10.5 Å². The Bertz CT molecular complexity index is 239. The Labute approximate surface area is 112 Å². The van der Waals surface area contributed by atoms with Crippen molar-refractivity contribution in [2.24, 2.45) is 17.6 Å². The SMILES string of the molecule is CCC1CCC(N)C(N2CCC(COC)CC2)C1. The normalized spacial score (nSPS) is 35.8. The number of hydrogen-bond donors (Lipinski definition) is 1. The van der Waals surface area contributed by atoms with Crippen LogP contribution in [0.25, 0.3) is 0 Å². The summed E-state index contributed by atoms with van der Waals surface area (Å²) in [4.78, 5) is 2.67. The minimum Gasteiger partial charge on any atom is -0.384 e. The molecule has 3 atom stereocenters. The number of hydrogen-bond acceptors (Lipinski definition) is 3. The first-order valence-corrected chi connectivity index (χ1v) is 7.73. The lowest BCUT2D eigenvalue weighted by molar-refractivity contribution is 0.0509. The zero-order valence-corrected chi connectivity index (χ0v) is 12.1. The second-order valence-corrected chi connectivity index (χ2v) is 6.25. The molecule has 2 N–H and O–H groups in total. The Morgan fingerprint density at radius 2 is 1.83 bits per heavy atom. The molecule has 18 heavy (non-hydrogen) atoms. The van der Waals surface area contributed by atoms with E-state index in [1.165, 1.54) is 51.6 Å². The molecule has 1 saturated carbocycles. The van der Waals surface area contributed by atoms with Crippen molar-refractivity contribution >= 4 is 0 Å². The van der Waals surface area contributed by atoms with E-state index >= 15 is 0 Å². The molecule has 0 bridgehead atoms. The summed E-state index contributed by atoms with van der Waals surface area (Å²) in [6.07, 6.45) is 7.78. The Balaban J connectivity index is 1.83. The van der Waals surface area contributed by atoms with E-state index in [2.05, 4.69) is 11.8 Å². The molecule has 0 amide bonds. The van der Waals surface area contributed by atoms with Crippen LogP contribution in [0.3, 0.4) is 0 Å². The average molecular weight is 254 g/mol. The summed E-state index contributed by atoms with van der Waals surface area (Å²) in [5.74, 6) is 1.68. The number of nitrogens with two attached hydrogens (primary N) is 1. The van der Waals surface area contributed by atoms with Crippen molar-refractivity contribution in [3.05, 3.63) is 0 Å². The second kappa shape index (κ2) is 6.88. The predicted molar refractivity (Wildman–Crippen MR) is 75.6 cm³/mol. The quantitative estimate of drug-likeness (QED) is 0.836. The zero-order chi connectivity index (χ0) is 13.0. The summed E-state index contributed by atoms with van der Waals surface area (Å²) in [7, 11) is 1.81. The fourth-order valence-corrected chi connectivity index (χ4v) is 3.73. The lowest BCUT2D eigenvalue weighted by Gasteiger charge is -2.44. The minimum atomic E-state index is 0.409. The molecule has 1 aliphatic carbocycles. The van der Waals surface area contributed by atoms with E-state index in [-0.39, 0.29) is 0 Å². The number of rotatable bonds is 4. The molecule has 1 heterocycles. The molecule has 0 aromatic heterocycles. The van der Waals surface area contributed by atoms with Crippen LogP contribution in [0, 0.1) is 11.8 Å². The van der Waals surface area contributed by atoms with Crippen molar-refractivity contribution in [1.82, 2.24) is 4.90 Å². The van der Waals surface area contributed by atoms with Gasteiger partial charge in [-0.25, -0.2) is 0 Å². The molecule has 0 radical (unpaired) electrons. The fourth-order valence-electron chi connectivity index (χ4n) is 3.73. The minimum absolute atomic E-state index is 0.409. The summed E-state index contributed by atoms with van der Waals surface area (Å²) in [6, 6.07) is 1.05. The van der Waals surface area contributed by atoms with Crippen LogP contribution in [0.5, 0.6) is 0 Å². The van der Waals surface area contributed by atoms with Crippen LogP contribution in [0.15, 0.2) is 0 Å². The van der Waals surface area contributed by atoms with Gasteiger partial charge in [-0.15, -0.1) is 0 Å². The van der Waals surface area contributed by atoms with E-state index in [1.807, 2.05) is 7.11 Å². The van der Waals surface area contributed by atoms with Gasteiger partial charge in [0.05, 0.1) is 0 Å². The van der Waals surface area contributed by atoms with E-state index < -0.39 is 0 Å². The molecule has 1 aliphatic heterocycles. The zero-order valence-electron chi connectivity index (χ0n) is 12.1. The van der Waals surface area contributed by atoms with Crippen LogP contribution in [0.4, 0.5) is 0 Å². The van der Waals surface area contributed by atoms with E-state index in [9.17, 15) is 0 Å². The van der Waals surface area contributed by atoms with Gasteiger partial charge in [-0.05, 0) is 57.0 Å². The Hall–Kier alpha value is -0.120. The highest BCUT2D eigenvalue weighted by Crippen LogP contribution is 2.31. The van der Waals surface area contributed by atoms with Crippen LogP contribution in [-0.4, -0.2) is 43.8 Å². The first-order chi connectivity index (χ1) is 8.74. The molecule has 1 saturated heterocycles. The summed E-state index contributed by atoms with van der Waals surface area (Å²) in [6.45, 7) is 5.71. The van der Waals surface area contributed by atoms with E-state index in [0.717, 1.165) is 18.4 Å². The molecule has 2 aliphatic rings.